The van der Waals surface area contributed by atoms with Crippen molar-refractivity contribution < 1.29 is 9.59 Å². The van der Waals surface area contributed by atoms with Crippen LogP contribution in [0.4, 0.5) is 11.5 Å². The highest BCUT2D eigenvalue weighted by Crippen LogP contribution is 2.39. The molecule has 10 heteroatoms. The van der Waals surface area contributed by atoms with Crippen molar-refractivity contribution in [1.29, 1.82) is 0 Å². The molecule has 0 spiro atoms. The van der Waals surface area contributed by atoms with Crippen molar-refractivity contribution in [2.45, 2.75) is 45.4 Å². The molecule has 1 fully saturated rings. The number of carbonyl (C=O) groups excluding carboxylic acids is 2. The Morgan fingerprint density at radius 1 is 1.24 bits per heavy atom. The van der Waals surface area contributed by atoms with E-state index in [0.29, 0.717) is 11.7 Å². The van der Waals surface area contributed by atoms with E-state index in [4.69, 9.17) is 0 Å². The molecule has 0 aliphatic heterocycles. The zero-order valence-electron chi connectivity index (χ0n) is 19.4. The lowest BCUT2D eigenvalue weighted by atomic mass is 10.2. The number of aliphatic imine (C=N–C) groups is 1. The third kappa shape index (κ3) is 6.12. The van der Waals surface area contributed by atoms with Crippen molar-refractivity contribution in [3.8, 4) is 0 Å². The standard InChI is InChI=1S/C23H30N8O2/c1-5-7-8-9-12-25-18(6-2)30-21-19(28-16(13-26-21)15-10-11-15)22(32)29-17-14-27-31(4)20(17)23(33)24-3/h6,8-9,12-15H,5,7,10-11H2,1-4H3,(H,24,33)(H,26,30)(H,29,32)/b9-8+,18-6+,25-12+. The molecule has 0 aromatic carbocycles. The highest BCUT2D eigenvalue weighted by atomic mass is 16.2. The van der Waals surface area contributed by atoms with Crippen molar-refractivity contribution in [3.63, 3.8) is 0 Å². The minimum atomic E-state index is -0.493. The van der Waals surface area contributed by atoms with Crippen LogP contribution in [-0.2, 0) is 7.05 Å². The first-order valence-electron chi connectivity index (χ1n) is 11.0. The number of hydrogen-bond acceptors (Lipinski definition) is 7. The highest BCUT2D eigenvalue weighted by molar-refractivity contribution is 6.09. The molecule has 1 saturated carbocycles. The van der Waals surface area contributed by atoms with E-state index < -0.39 is 5.91 Å². The number of aryl methyl sites for hydroxylation is 1. The average molecular weight is 451 g/mol. The van der Waals surface area contributed by atoms with Crippen LogP contribution in [0.25, 0.3) is 0 Å². The van der Waals surface area contributed by atoms with Gasteiger partial charge in [-0.15, -0.1) is 0 Å². The van der Waals surface area contributed by atoms with Crippen LogP contribution in [0.1, 0.15) is 72.1 Å². The number of carbonyl (C=O) groups is 2. The van der Waals surface area contributed by atoms with Crippen LogP contribution in [0.5, 0.6) is 0 Å². The van der Waals surface area contributed by atoms with Gasteiger partial charge in [-0.2, -0.15) is 5.10 Å². The topological polar surface area (TPSA) is 126 Å². The first-order valence-corrected chi connectivity index (χ1v) is 11.0. The minimum Gasteiger partial charge on any atom is -0.354 e. The zero-order chi connectivity index (χ0) is 23.8. The molecule has 0 radical (unpaired) electrons. The summed E-state index contributed by atoms with van der Waals surface area (Å²) in [6.45, 7) is 3.95. The average Bonchev–Trinajstić information content (AvgIpc) is 3.61. The minimum absolute atomic E-state index is 0.127. The van der Waals surface area contributed by atoms with Gasteiger partial charge in [0.25, 0.3) is 11.8 Å². The summed E-state index contributed by atoms with van der Waals surface area (Å²) in [5, 5.41) is 12.5. The zero-order valence-corrected chi connectivity index (χ0v) is 19.4. The van der Waals surface area contributed by atoms with Crippen LogP contribution in [-0.4, -0.2) is 44.8 Å². The molecule has 2 aromatic heterocycles. The van der Waals surface area contributed by atoms with Gasteiger partial charge in [0.2, 0.25) is 0 Å². The van der Waals surface area contributed by atoms with Crippen LogP contribution in [0.15, 0.2) is 41.4 Å². The molecule has 0 atom stereocenters. The number of nitrogens with one attached hydrogen (secondary N) is 3. The molecule has 0 bridgehead atoms. The Morgan fingerprint density at radius 3 is 2.70 bits per heavy atom. The van der Waals surface area contributed by atoms with Gasteiger partial charge in [0, 0.05) is 26.2 Å². The lowest BCUT2D eigenvalue weighted by Gasteiger charge is -2.12. The summed E-state index contributed by atoms with van der Waals surface area (Å²) in [5.41, 5.74) is 1.43. The van der Waals surface area contributed by atoms with Crippen molar-refractivity contribution in [2.24, 2.45) is 12.0 Å². The largest absolute Gasteiger partial charge is 0.354 e. The maximum atomic E-state index is 13.2. The van der Waals surface area contributed by atoms with Gasteiger partial charge in [-0.1, -0.05) is 19.4 Å². The van der Waals surface area contributed by atoms with Crippen molar-refractivity contribution >= 4 is 29.5 Å². The molecule has 0 saturated heterocycles. The van der Waals surface area contributed by atoms with E-state index in [1.165, 1.54) is 17.9 Å². The van der Waals surface area contributed by atoms with Crippen LogP contribution < -0.4 is 16.0 Å². The number of aromatic nitrogens is 4. The Morgan fingerprint density at radius 2 is 2.03 bits per heavy atom. The number of rotatable bonds is 10. The van der Waals surface area contributed by atoms with E-state index >= 15 is 0 Å². The molecule has 0 unspecified atom stereocenters. The summed E-state index contributed by atoms with van der Waals surface area (Å²) in [5.74, 6) is 0.285. The van der Waals surface area contributed by atoms with E-state index in [1.54, 1.807) is 25.5 Å². The fourth-order valence-corrected chi connectivity index (χ4v) is 3.07. The Balaban J connectivity index is 1.87. The summed E-state index contributed by atoms with van der Waals surface area (Å²) >= 11 is 0. The maximum Gasteiger partial charge on any atom is 0.278 e. The van der Waals surface area contributed by atoms with Gasteiger partial charge < -0.3 is 16.0 Å². The van der Waals surface area contributed by atoms with Gasteiger partial charge in [0.1, 0.15) is 11.5 Å². The predicted molar refractivity (Wildman–Crippen MR) is 128 cm³/mol. The molecular formula is C23H30N8O2. The molecule has 174 valence electrons. The van der Waals surface area contributed by atoms with Gasteiger partial charge in [-0.05, 0) is 38.3 Å². The number of unbranched alkanes of at least 4 members (excludes halogenated alkanes) is 1. The van der Waals surface area contributed by atoms with Crippen molar-refractivity contribution in [2.75, 3.05) is 17.7 Å². The summed E-state index contributed by atoms with van der Waals surface area (Å²) in [6, 6.07) is 0. The van der Waals surface area contributed by atoms with Crippen LogP contribution >= 0.6 is 0 Å². The third-order valence-corrected chi connectivity index (χ3v) is 5.04. The number of nitrogens with zero attached hydrogens (tertiary/aromatic N) is 5. The molecule has 33 heavy (non-hydrogen) atoms. The van der Waals surface area contributed by atoms with Crippen LogP contribution in [0.3, 0.4) is 0 Å². The van der Waals surface area contributed by atoms with Gasteiger partial charge in [0.15, 0.2) is 11.5 Å². The summed E-state index contributed by atoms with van der Waals surface area (Å²) in [4.78, 5) is 38.9. The van der Waals surface area contributed by atoms with E-state index in [0.717, 1.165) is 31.4 Å². The normalized spacial score (nSPS) is 14.1. The molecule has 3 N–H and O–H groups in total. The fraction of sp³-hybridized carbons (Fsp3) is 0.391. The second kappa shape index (κ2) is 11.2. The van der Waals surface area contributed by atoms with Gasteiger partial charge in [0.05, 0.1) is 23.8 Å². The summed E-state index contributed by atoms with van der Waals surface area (Å²) in [6.07, 6.45) is 14.6. The Hall–Kier alpha value is -3.82. The molecule has 1 aliphatic carbocycles. The molecule has 3 rings (SSSR count). The summed E-state index contributed by atoms with van der Waals surface area (Å²) in [7, 11) is 3.15. The second-order valence-corrected chi connectivity index (χ2v) is 7.62. The lowest BCUT2D eigenvalue weighted by molar-refractivity contribution is 0.0954. The van der Waals surface area contributed by atoms with Gasteiger partial charge >= 0.3 is 0 Å². The monoisotopic (exact) mass is 450 g/mol. The first-order chi connectivity index (χ1) is 16.0. The quantitative estimate of drug-likeness (QED) is 0.476. The Kier molecular flexibility index (Phi) is 8.06. The Labute approximate surface area is 193 Å². The lowest BCUT2D eigenvalue weighted by Crippen LogP contribution is -2.24. The second-order valence-electron chi connectivity index (χ2n) is 7.62. The summed E-state index contributed by atoms with van der Waals surface area (Å²) < 4.78 is 1.40. The number of amides is 2. The number of allylic oxidation sites excluding steroid dienone is 3. The number of anilines is 2. The smallest absolute Gasteiger partial charge is 0.278 e. The van der Waals surface area contributed by atoms with Crippen LogP contribution in [0, 0.1) is 0 Å². The molecule has 2 aromatic rings. The Bertz CT molecular complexity index is 1100. The van der Waals surface area contributed by atoms with Crippen molar-refractivity contribution in [3.05, 3.63) is 53.5 Å². The SMILES string of the molecule is C\C=C(/N=C/C=C/CCC)Nc1ncc(C2CC2)nc1C(=O)Nc1cnn(C)c1C(=O)NC. The first kappa shape index (κ1) is 23.8. The molecule has 10 nitrogen and oxygen atoms in total. The van der Waals surface area contributed by atoms with E-state index in [9.17, 15) is 9.59 Å². The van der Waals surface area contributed by atoms with Crippen molar-refractivity contribution in [1.82, 2.24) is 25.1 Å². The van der Waals surface area contributed by atoms with E-state index in [-0.39, 0.29) is 28.8 Å². The molecule has 2 amide bonds. The highest BCUT2D eigenvalue weighted by Gasteiger charge is 2.28. The fourth-order valence-electron chi connectivity index (χ4n) is 3.07. The number of hydrogen-bond donors (Lipinski definition) is 3. The predicted octanol–water partition coefficient (Wildman–Crippen LogP) is 3.40. The van der Waals surface area contributed by atoms with Gasteiger partial charge in [-0.25, -0.2) is 15.0 Å². The van der Waals surface area contributed by atoms with Crippen LogP contribution in [0.2, 0.25) is 0 Å². The molecule has 1 aliphatic rings. The van der Waals surface area contributed by atoms with Gasteiger partial charge in [-0.3, -0.25) is 14.3 Å². The maximum absolute atomic E-state index is 13.2. The molecular weight excluding hydrogens is 420 g/mol. The van der Waals surface area contributed by atoms with E-state index in [1.807, 2.05) is 19.1 Å². The molecule has 2 heterocycles. The third-order valence-electron chi connectivity index (χ3n) is 5.04. The van der Waals surface area contributed by atoms with E-state index in [2.05, 4.69) is 42.9 Å².